The first-order valence-electron chi connectivity index (χ1n) is 8.39. The number of rotatable bonds is 3. The summed E-state index contributed by atoms with van der Waals surface area (Å²) in [4.78, 5) is 14.3. The molecular weight excluding hydrogens is 318 g/mol. The molecule has 1 N–H and O–H groups in total. The number of pyridine rings is 1. The standard InChI is InChI=1S/C18H21N5O2/c1-13-17(15-5-3-4-9-22(15)19-13)14-6-7-16(24)23(20-14)12-18(25)8-10-21(2)11-18/h3-7,9,25H,8,10-12H2,1-2H3. The Kier molecular flexibility index (Phi) is 3.70. The zero-order chi connectivity index (χ0) is 17.6. The molecule has 1 aliphatic rings. The second-order valence-electron chi connectivity index (χ2n) is 6.92. The van der Waals surface area contributed by atoms with Crippen molar-refractivity contribution in [3.63, 3.8) is 0 Å². The summed E-state index contributed by atoms with van der Waals surface area (Å²) in [5, 5.41) is 19.8. The van der Waals surface area contributed by atoms with E-state index >= 15 is 0 Å². The minimum atomic E-state index is -0.916. The monoisotopic (exact) mass is 339 g/mol. The molecule has 4 rings (SSSR count). The highest BCUT2D eigenvalue weighted by Gasteiger charge is 2.35. The molecule has 1 saturated heterocycles. The van der Waals surface area contributed by atoms with E-state index in [1.165, 1.54) is 10.7 Å². The smallest absolute Gasteiger partial charge is 0.266 e. The van der Waals surface area contributed by atoms with E-state index in [9.17, 15) is 9.90 Å². The molecule has 1 aliphatic heterocycles. The molecule has 0 amide bonds. The quantitative estimate of drug-likeness (QED) is 0.768. The van der Waals surface area contributed by atoms with Gasteiger partial charge in [-0.05, 0) is 38.6 Å². The van der Waals surface area contributed by atoms with E-state index in [2.05, 4.69) is 15.1 Å². The average Bonchev–Trinajstić information content (AvgIpc) is 3.08. The van der Waals surface area contributed by atoms with Crippen LogP contribution in [0.4, 0.5) is 0 Å². The number of aliphatic hydroxyl groups is 1. The fourth-order valence-corrected chi connectivity index (χ4v) is 3.60. The van der Waals surface area contributed by atoms with Gasteiger partial charge in [0.25, 0.3) is 5.56 Å². The third-order valence-electron chi connectivity index (χ3n) is 4.80. The Hall–Kier alpha value is -2.51. The maximum Gasteiger partial charge on any atom is 0.266 e. The van der Waals surface area contributed by atoms with Gasteiger partial charge in [0.05, 0.1) is 34.6 Å². The lowest BCUT2D eigenvalue weighted by molar-refractivity contribution is 0.0296. The molecule has 0 spiro atoms. The Morgan fingerprint density at radius 2 is 2.08 bits per heavy atom. The topological polar surface area (TPSA) is 75.7 Å². The van der Waals surface area contributed by atoms with E-state index < -0.39 is 5.60 Å². The van der Waals surface area contributed by atoms with Crippen LogP contribution in [0.3, 0.4) is 0 Å². The number of likely N-dealkylation sites (N-methyl/N-ethyl adjacent to an activating group) is 1. The Bertz CT molecular complexity index is 993. The van der Waals surface area contributed by atoms with E-state index in [4.69, 9.17) is 0 Å². The van der Waals surface area contributed by atoms with Gasteiger partial charge in [0.15, 0.2) is 0 Å². The minimum Gasteiger partial charge on any atom is -0.387 e. The van der Waals surface area contributed by atoms with Gasteiger partial charge >= 0.3 is 0 Å². The maximum atomic E-state index is 12.3. The summed E-state index contributed by atoms with van der Waals surface area (Å²) < 4.78 is 3.18. The van der Waals surface area contributed by atoms with Gasteiger partial charge in [-0.3, -0.25) is 4.79 Å². The average molecular weight is 339 g/mol. The minimum absolute atomic E-state index is 0.197. The molecule has 7 nitrogen and oxygen atoms in total. The summed E-state index contributed by atoms with van der Waals surface area (Å²) in [6.07, 6.45) is 2.52. The molecule has 1 fully saturated rings. The van der Waals surface area contributed by atoms with E-state index in [0.29, 0.717) is 18.7 Å². The number of aromatic nitrogens is 4. The van der Waals surface area contributed by atoms with Crippen molar-refractivity contribution in [2.45, 2.75) is 25.5 Å². The predicted octanol–water partition coefficient (Wildman–Crippen LogP) is 0.933. The summed E-state index contributed by atoms with van der Waals surface area (Å²) >= 11 is 0. The Morgan fingerprint density at radius 3 is 2.84 bits per heavy atom. The number of β-amino-alcohol motifs (C(OH)–C–C–N with tert-alkyl or cyclic N) is 1. The molecule has 7 heteroatoms. The molecule has 130 valence electrons. The van der Waals surface area contributed by atoms with Crippen LogP contribution in [-0.4, -0.2) is 55.1 Å². The van der Waals surface area contributed by atoms with Gasteiger partial charge in [-0.2, -0.15) is 10.2 Å². The highest BCUT2D eigenvalue weighted by atomic mass is 16.3. The SMILES string of the molecule is Cc1nn2ccccc2c1-c1ccc(=O)n(CC2(O)CCN(C)C2)n1. The fraction of sp³-hybridized carbons (Fsp3) is 0.389. The van der Waals surface area contributed by atoms with Gasteiger partial charge < -0.3 is 10.0 Å². The lowest BCUT2D eigenvalue weighted by Gasteiger charge is -2.22. The normalized spacial score (nSPS) is 21.2. The second-order valence-corrected chi connectivity index (χ2v) is 6.92. The molecule has 3 aromatic rings. The first-order chi connectivity index (χ1) is 12.0. The van der Waals surface area contributed by atoms with Gasteiger partial charge in [-0.15, -0.1) is 0 Å². The van der Waals surface area contributed by atoms with Gasteiger partial charge in [0.2, 0.25) is 0 Å². The van der Waals surface area contributed by atoms with Crippen molar-refractivity contribution in [3.8, 4) is 11.3 Å². The highest BCUT2D eigenvalue weighted by Crippen LogP contribution is 2.26. The number of aryl methyl sites for hydroxylation is 1. The summed E-state index contributed by atoms with van der Waals surface area (Å²) in [6, 6.07) is 9.08. The summed E-state index contributed by atoms with van der Waals surface area (Å²) in [5.41, 5.74) is 2.26. The zero-order valence-electron chi connectivity index (χ0n) is 14.4. The van der Waals surface area contributed by atoms with Crippen molar-refractivity contribution >= 4 is 5.52 Å². The van der Waals surface area contributed by atoms with Crippen LogP contribution >= 0.6 is 0 Å². The third kappa shape index (κ3) is 2.85. The van der Waals surface area contributed by atoms with E-state index in [1.807, 2.05) is 38.4 Å². The molecule has 1 unspecified atom stereocenters. The summed E-state index contributed by atoms with van der Waals surface area (Å²) in [6.45, 7) is 3.49. The van der Waals surface area contributed by atoms with Gasteiger partial charge in [-0.1, -0.05) is 6.07 Å². The van der Waals surface area contributed by atoms with Crippen LogP contribution in [0.1, 0.15) is 12.1 Å². The Morgan fingerprint density at radius 1 is 1.24 bits per heavy atom. The summed E-state index contributed by atoms with van der Waals surface area (Å²) in [7, 11) is 1.97. The van der Waals surface area contributed by atoms with Crippen molar-refractivity contribution < 1.29 is 5.11 Å². The van der Waals surface area contributed by atoms with Crippen LogP contribution < -0.4 is 5.56 Å². The number of fused-ring (bicyclic) bond motifs is 1. The molecular formula is C18H21N5O2. The lowest BCUT2D eigenvalue weighted by Crippen LogP contribution is -2.40. The van der Waals surface area contributed by atoms with E-state index in [0.717, 1.165) is 23.3 Å². The second kappa shape index (κ2) is 5.79. The predicted molar refractivity (Wildman–Crippen MR) is 94.5 cm³/mol. The number of hydrogen-bond acceptors (Lipinski definition) is 5. The largest absolute Gasteiger partial charge is 0.387 e. The number of likely N-dealkylation sites (tertiary alicyclic amines) is 1. The van der Waals surface area contributed by atoms with Crippen LogP contribution in [0.5, 0.6) is 0 Å². The Labute approximate surface area is 145 Å². The fourth-order valence-electron chi connectivity index (χ4n) is 3.60. The van der Waals surface area contributed by atoms with Crippen molar-refractivity contribution in [2.24, 2.45) is 0 Å². The molecule has 0 bridgehead atoms. The first-order valence-corrected chi connectivity index (χ1v) is 8.39. The molecule has 4 heterocycles. The van der Waals surface area contributed by atoms with Gasteiger partial charge in [0, 0.05) is 25.4 Å². The maximum absolute atomic E-state index is 12.3. The van der Waals surface area contributed by atoms with Gasteiger partial charge in [0.1, 0.15) is 0 Å². The van der Waals surface area contributed by atoms with Crippen LogP contribution in [0.15, 0.2) is 41.3 Å². The van der Waals surface area contributed by atoms with Crippen LogP contribution in [0, 0.1) is 6.92 Å². The molecule has 0 aliphatic carbocycles. The van der Waals surface area contributed by atoms with E-state index in [1.54, 1.807) is 10.6 Å². The zero-order valence-corrected chi connectivity index (χ0v) is 14.4. The molecule has 0 saturated carbocycles. The number of nitrogens with zero attached hydrogens (tertiary/aromatic N) is 5. The molecule has 0 radical (unpaired) electrons. The summed E-state index contributed by atoms with van der Waals surface area (Å²) in [5.74, 6) is 0. The lowest BCUT2D eigenvalue weighted by atomic mass is 10.0. The van der Waals surface area contributed by atoms with Crippen LogP contribution in [0.25, 0.3) is 16.8 Å². The van der Waals surface area contributed by atoms with E-state index in [-0.39, 0.29) is 12.1 Å². The van der Waals surface area contributed by atoms with Crippen molar-refractivity contribution in [1.82, 2.24) is 24.3 Å². The molecule has 1 atom stereocenters. The molecule has 25 heavy (non-hydrogen) atoms. The van der Waals surface area contributed by atoms with Crippen LogP contribution in [-0.2, 0) is 6.54 Å². The molecule has 3 aromatic heterocycles. The van der Waals surface area contributed by atoms with Gasteiger partial charge in [-0.25, -0.2) is 9.20 Å². The van der Waals surface area contributed by atoms with Crippen molar-refractivity contribution in [2.75, 3.05) is 20.1 Å². The number of hydrogen-bond donors (Lipinski definition) is 1. The highest BCUT2D eigenvalue weighted by molar-refractivity contribution is 5.79. The third-order valence-corrected chi connectivity index (χ3v) is 4.80. The van der Waals surface area contributed by atoms with Crippen molar-refractivity contribution in [3.05, 3.63) is 52.6 Å². The molecule has 0 aromatic carbocycles. The first kappa shape index (κ1) is 16.0. The van der Waals surface area contributed by atoms with Crippen LogP contribution in [0.2, 0.25) is 0 Å². The Balaban J connectivity index is 1.77. The van der Waals surface area contributed by atoms with Crippen molar-refractivity contribution in [1.29, 1.82) is 0 Å².